The lowest BCUT2D eigenvalue weighted by Gasteiger charge is -2.23. The Bertz CT molecular complexity index is 940. The fourth-order valence-corrected chi connectivity index (χ4v) is 3.44. The Labute approximate surface area is 162 Å². The summed E-state index contributed by atoms with van der Waals surface area (Å²) in [6, 6.07) is 11.1. The third-order valence-corrected chi connectivity index (χ3v) is 5.18. The number of nitrogens with one attached hydrogen (secondary N) is 1. The van der Waals surface area contributed by atoms with E-state index < -0.39 is 39.9 Å². The maximum Gasteiger partial charge on any atom is 0.418 e. The molecule has 0 aliphatic rings. The summed E-state index contributed by atoms with van der Waals surface area (Å²) in [7, 11) is -3.83. The molecule has 0 aliphatic carbocycles. The van der Waals surface area contributed by atoms with Crippen molar-refractivity contribution in [2.45, 2.75) is 25.9 Å². The molecule has 0 fully saturated rings. The zero-order valence-electron chi connectivity index (χ0n) is 15.6. The van der Waals surface area contributed by atoms with E-state index in [0.29, 0.717) is 0 Å². The molecule has 0 spiro atoms. The van der Waals surface area contributed by atoms with E-state index in [9.17, 15) is 26.4 Å². The van der Waals surface area contributed by atoms with Crippen LogP contribution in [0.1, 0.15) is 30.9 Å². The van der Waals surface area contributed by atoms with Crippen molar-refractivity contribution in [3.63, 3.8) is 0 Å². The molecule has 0 aromatic heterocycles. The third kappa shape index (κ3) is 5.48. The second-order valence-corrected chi connectivity index (χ2v) is 8.51. The first-order chi connectivity index (χ1) is 12.9. The van der Waals surface area contributed by atoms with Gasteiger partial charge < -0.3 is 5.32 Å². The van der Waals surface area contributed by atoms with Gasteiger partial charge in [0.05, 0.1) is 23.2 Å². The van der Waals surface area contributed by atoms with Crippen LogP contribution in [0.15, 0.2) is 48.5 Å². The Morgan fingerprint density at radius 1 is 1.07 bits per heavy atom. The van der Waals surface area contributed by atoms with Crippen LogP contribution in [0, 0.1) is 0 Å². The zero-order valence-corrected chi connectivity index (χ0v) is 16.4. The standard InChI is InChI=1S/C19H21F3N2O3S/c1-13(2)14-8-10-15(11-9-14)24(28(3,26)27)12-18(25)23-17-7-5-4-6-16(17)19(20,21)22/h4-11,13H,12H2,1-3H3,(H,23,25). The Morgan fingerprint density at radius 3 is 2.14 bits per heavy atom. The summed E-state index contributed by atoms with van der Waals surface area (Å²) in [4.78, 5) is 12.3. The fraction of sp³-hybridized carbons (Fsp3) is 0.316. The average Bonchev–Trinajstić information content (AvgIpc) is 2.58. The molecule has 5 nitrogen and oxygen atoms in total. The number of sulfonamides is 1. The maximum absolute atomic E-state index is 13.1. The van der Waals surface area contributed by atoms with Crippen molar-refractivity contribution in [3.8, 4) is 0 Å². The monoisotopic (exact) mass is 414 g/mol. The van der Waals surface area contributed by atoms with E-state index in [2.05, 4.69) is 5.32 Å². The normalized spacial score (nSPS) is 12.1. The molecule has 0 saturated carbocycles. The van der Waals surface area contributed by atoms with Gasteiger partial charge in [0.2, 0.25) is 15.9 Å². The van der Waals surface area contributed by atoms with Crippen LogP contribution in [-0.4, -0.2) is 27.1 Å². The van der Waals surface area contributed by atoms with E-state index in [1.54, 1.807) is 24.3 Å². The van der Waals surface area contributed by atoms with Crippen LogP contribution < -0.4 is 9.62 Å². The number of hydrogen-bond acceptors (Lipinski definition) is 3. The summed E-state index contributed by atoms with van der Waals surface area (Å²) < 4.78 is 64.3. The number of amides is 1. The van der Waals surface area contributed by atoms with Gasteiger partial charge in [-0.3, -0.25) is 9.10 Å². The van der Waals surface area contributed by atoms with E-state index in [1.807, 2.05) is 13.8 Å². The highest BCUT2D eigenvalue weighted by Crippen LogP contribution is 2.34. The molecule has 0 radical (unpaired) electrons. The zero-order chi connectivity index (χ0) is 21.1. The molecule has 152 valence electrons. The van der Waals surface area contributed by atoms with E-state index >= 15 is 0 Å². The lowest BCUT2D eigenvalue weighted by Crippen LogP contribution is -2.37. The molecule has 28 heavy (non-hydrogen) atoms. The van der Waals surface area contributed by atoms with Crippen molar-refractivity contribution in [1.82, 2.24) is 0 Å². The molecule has 2 aromatic rings. The topological polar surface area (TPSA) is 66.5 Å². The molecule has 0 unspecified atom stereocenters. The number of nitrogens with zero attached hydrogens (tertiary/aromatic N) is 1. The van der Waals surface area contributed by atoms with Crippen molar-refractivity contribution in [1.29, 1.82) is 0 Å². The van der Waals surface area contributed by atoms with Gasteiger partial charge in [-0.2, -0.15) is 13.2 Å². The van der Waals surface area contributed by atoms with Gasteiger partial charge in [-0.25, -0.2) is 8.42 Å². The predicted molar refractivity (Wildman–Crippen MR) is 103 cm³/mol. The van der Waals surface area contributed by atoms with Crippen LogP contribution in [-0.2, 0) is 21.0 Å². The Morgan fingerprint density at radius 2 is 1.64 bits per heavy atom. The number of para-hydroxylation sites is 1. The number of carbonyl (C=O) groups is 1. The van der Waals surface area contributed by atoms with Crippen molar-refractivity contribution in [2.75, 3.05) is 22.4 Å². The summed E-state index contributed by atoms with van der Waals surface area (Å²) in [5.41, 5.74) is -0.189. The molecule has 0 atom stereocenters. The highest BCUT2D eigenvalue weighted by atomic mass is 32.2. The van der Waals surface area contributed by atoms with Crippen LogP contribution in [0.25, 0.3) is 0 Å². The fourth-order valence-electron chi connectivity index (χ4n) is 2.58. The van der Waals surface area contributed by atoms with Gasteiger partial charge in [0.25, 0.3) is 0 Å². The quantitative estimate of drug-likeness (QED) is 0.769. The van der Waals surface area contributed by atoms with Gasteiger partial charge in [-0.05, 0) is 35.7 Å². The van der Waals surface area contributed by atoms with Gasteiger partial charge in [-0.1, -0.05) is 38.1 Å². The van der Waals surface area contributed by atoms with E-state index in [1.165, 1.54) is 12.1 Å². The number of carbonyl (C=O) groups excluding carboxylic acids is 1. The Hall–Kier alpha value is -2.55. The summed E-state index contributed by atoms with van der Waals surface area (Å²) in [5, 5.41) is 2.15. The largest absolute Gasteiger partial charge is 0.418 e. The van der Waals surface area contributed by atoms with Gasteiger partial charge >= 0.3 is 6.18 Å². The molecule has 0 saturated heterocycles. The van der Waals surface area contributed by atoms with Gasteiger partial charge in [0.15, 0.2) is 0 Å². The van der Waals surface area contributed by atoms with Crippen molar-refractivity contribution >= 4 is 27.3 Å². The summed E-state index contributed by atoms with van der Waals surface area (Å²) in [6.45, 7) is 3.32. The molecule has 0 bridgehead atoms. The number of halogens is 3. The van der Waals surface area contributed by atoms with E-state index in [0.717, 1.165) is 28.3 Å². The van der Waals surface area contributed by atoms with E-state index in [4.69, 9.17) is 0 Å². The molecule has 9 heteroatoms. The molecule has 0 aliphatic heterocycles. The maximum atomic E-state index is 13.1. The highest BCUT2D eigenvalue weighted by Gasteiger charge is 2.33. The average molecular weight is 414 g/mol. The molecular formula is C19H21F3N2O3S. The van der Waals surface area contributed by atoms with Crippen molar-refractivity contribution < 1.29 is 26.4 Å². The second-order valence-electron chi connectivity index (χ2n) is 6.61. The number of benzene rings is 2. The van der Waals surface area contributed by atoms with Gasteiger partial charge in [0.1, 0.15) is 6.54 Å². The molecule has 1 N–H and O–H groups in total. The number of hydrogen-bond donors (Lipinski definition) is 1. The first-order valence-electron chi connectivity index (χ1n) is 8.43. The van der Waals surface area contributed by atoms with Crippen LogP contribution in [0.2, 0.25) is 0 Å². The molecule has 0 heterocycles. The number of rotatable bonds is 6. The Balaban J connectivity index is 2.26. The summed E-state index contributed by atoms with van der Waals surface area (Å²) in [6.07, 6.45) is -3.71. The highest BCUT2D eigenvalue weighted by molar-refractivity contribution is 7.92. The number of anilines is 2. The third-order valence-electron chi connectivity index (χ3n) is 4.04. The first kappa shape index (κ1) is 21.7. The van der Waals surface area contributed by atoms with Gasteiger partial charge in [0, 0.05) is 0 Å². The van der Waals surface area contributed by atoms with Crippen LogP contribution in [0.5, 0.6) is 0 Å². The van der Waals surface area contributed by atoms with Crippen LogP contribution in [0.3, 0.4) is 0 Å². The van der Waals surface area contributed by atoms with Crippen LogP contribution in [0.4, 0.5) is 24.5 Å². The second kappa shape index (κ2) is 8.22. The molecular weight excluding hydrogens is 393 g/mol. The smallest absolute Gasteiger partial charge is 0.324 e. The minimum absolute atomic E-state index is 0.239. The van der Waals surface area contributed by atoms with E-state index in [-0.39, 0.29) is 11.6 Å². The predicted octanol–water partition coefficient (Wildman–Crippen LogP) is 4.23. The minimum Gasteiger partial charge on any atom is -0.324 e. The molecule has 2 aromatic carbocycles. The lowest BCUT2D eigenvalue weighted by molar-refractivity contribution is -0.137. The van der Waals surface area contributed by atoms with Crippen LogP contribution >= 0.6 is 0 Å². The molecule has 2 rings (SSSR count). The number of alkyl halides is 3. The lowest BCUT2D eigenvalue weighted by atomic mass is 10.0. The van der Waals surface area contributed by atoms with Gasteiger partial charge in [-0.15, -0.1) is 0 Å². The summed E-state index contributed by atoms with van der Waals surface area (Å²) in [5.74, 6) is -0.641. The SMILES string of the molecule is CC(C)c1ccc(N(CC(=O)Nc2ccccc2C(F)(F)F)S(C)(=O)=O)cc1. The first-order valence-corrected chi connectivity index (χ1v) is 10.3. The minimum atomic E-state index is -4.65. The van der Waals surface area contributed by atoms with Crippen molar-refractivity contribution in [2.24, 2.45) is 0 Å². The summed E-state index contributed by atoms with van der Waals surface area (Å²) >= 11 is 0. The Kier molecular flexibility index (Phi) is 6.38. The van der Waals surface area contributed by atoms with Crippen molar-refractivity contribution in [3.05, 3.63) is 59.7 Å². The molecule has 1 amide bonds.